The summed E-state index contributed by atoms with van der Waals surface area (Å²) in [7, 11) is -14.5. The second-order valence-corrected chi connectivity index (χ2v) is 33.6. The van der Waals surface area contributed by atoms with E-state index >= 15 is 4.57 Å². The molecule has 1 aromatic carbocycles. The number of carbonyl (C=O) groups excluding carboxylic acids is 2. The zero-order valence-electron chi connectivity index (χ0n) is 44.4. The van der Waals surface area contributed by atoms with E-state index in [-0.39, 0.29) is 35.1 Å². The Labute approximate surface area is 441 Å². The van der Waals surface area contributed by atoms with Crippen LogP contribution in [0.5, 0.6) is 0 Å². The number of amides is 2. The van der Waals surface area contributed by atoms with Gasteiger partial charge in [0.05, 0.1) is 44.8 Å². The van der Waals surface area contributed by atoms with Gasteiger partial charge in [0.2, 0.25) is 17.8 Å². The van der Waals surface area contributed by atoms with E-state index in [0.717, 1.165) is 0 Å². The molecule has 5 aromatic rings. The van der Waals surface area contributed by atoms with Crippen molar-refractivity contribution >= 4 is 73.2 Å². The maximum atomic E-state index is 15.5. The summed E-state index contributed by atoms with van der Waals surface area (Å²) in [6, 6.07) is 10.4. The molecule has 2 amide bonds. The minimum absolute atomic E-state index is 0.0174. The smallest absolute Gasteiger partial charge is 0.408 e. The second-order valence-electron chi connectivity index (χ2n) is 21.7. The number of carbonyl (C=O) groups is 2. The number of phosphoric ester groups is 1. The summed E-state index contributed by atoms with van der Waals surface area (Å²) in [5.41, 5.74) is -0.121. The van der Waals surface area contributed by atoms with Gasteiger partial charge in [-0.15, -0.1) is 0 Å². The van der Waals surface area contributed by atoms with E-state index in [4.69, 9.17) is 36.4 Å². The van der Waals surface area contributed by atoms with Crippen LogP contribution in [0.3, 0.4) is 0 Å². The highest BCUT2D eigenvalue weighted by Gasteiger charge is 2.56. The first-order valence-electron chi connectivity index (χ1n) is 24.5. The average Bonchev–Trinajstić information content (AvgIpc) is 4.12. The summed E-state index contributed by atoms with van der Waals surface area (Å²) in [5, 5.41) is 29.5. The minimum Gasteiger partial charge on any atom is -0.408 e. The molecule has 4 aromatic heterocycles. The molecule has 2 saturated heterocycles. The maximum absolute atomic E-state index is 15.5. The van der Waals surface area contributed by atoms with Gasteiger partial charge in [-0.1, -0.05) is 73.6 Å². The Morgan fingerprint density at radius 2 is 1.61 bits per heavy atom. The molecule has 0 aliphatic carbocycles. The third-order valence-electron chi connectivity index (χ3n) is 14.0. The van der Waals surface area contributed by atoms with Gasteiger partial charge in [-0.05, 0) is 48.4 Å². The molecule has 10 atom stereocenters. The molecule has 0 bridgehead atoms. The van der Waals surface area contributed by atoms with Crippen molar-refractivity contribution in [2.24, 2.45) is 5.92 Å². The van der Waals surface area contributed by atoms with E-state index in [0.29, 0.717) is 11.1 Å². The Bertz CT molecular complexity index is 3070. The molecule has 7 rings (SSSR count). The highest BCUT2D eigenvalue weighted by molar-refractivity contribution is 7.48. The molecule has 2 fully saturated rings. The fraction of sp³-hybridized carbons (Fsp3) is 0.587. The summed E-state index contributed by atoms with van der Waals surface area (Å²) in [5.74, 6) is -1.57. The number of nitrogens with one attached hydrogen (secondary N) is 3. The number of nitrogens with zero attached hydrogens (tertiary/aromatic N) is 8. The van der Waals surface area contributed by atoms with E-state index in [1.165, 1.54) is 27.9 Å². The summed E-state index contributed by atoms with van der Waals surface area (Å²) in [6.45, 7) is 21.3. The SMILES string of the molecule is CC(C)C(=O)Nc1nc2c(ncn2[C@@H]2O[C@H](CO)[C@@H](O[Si](C)(C)C(C)(C)C)[C@H]2OP(=O)(OCCC#N)OC[C@H]2O[C@@H](c3cnn4c(NC(=O)c5ccccc5)ncnc34)[C@H](O[Si](C)(C)C(C)(C)C)[C@@H]2O[PH](=O)O)c(=O)[nH]1. The number of aromatic amines is 1. The molecule has 6 heterocycles. The van der Waals surface area contributed by atoms with Gasteiger partial charge >= 0.3 is 16.1 Å². The Hall–Kier alpha value is -4.96. The Kier molecular flexibility index (Phi) is 17.9. The highest BCUT2D eigenvalue weighted by atomic mass is 31.2. The molecule has 26 nitrogen and oxygen atoms in total. The molecular formula is C46H67N11O15P2Si2. The first-order valence-corrected chi connectivity index (χ1v) is 33.1. The van der Waals surface area contributed by atoms with Crippen molar-refractivity contribution in [1.29, 1.82) is 5.26 Å². The van der Waals surface area contributed by atoms with Crippen LogP contribution in [0.15, 0.2) is 54.0 Å². The number of nitriles is 1. The number of aromatic nitrogens is 8. The van der Waals surface area contributed by atoms with Crippen LogP contribution in [0.4, 0.5) is 11.9 Å². The van der Waals surface area contributed by atoms with Gasteiger partial charge in [0, 0.05) is 17.0 Å². The number of hydrogen-bond donors (Lipinski definition) is 5. The molecule has 76 heavy (non-hydrogen) atoms. The van der Waals surface area contributed by atoms with E-state index in [9.17, 15) is 34.2 Å². The number of fused-ring (bicyclic) bond motifs is 2. The summed E-state index contributed by atoms with van der Waals surface area (Å²) in [6.07, 6.45) is -6.82. The number of hydrogen-bond acceptors (Lipinski definition) is 20. The number of ether oxygens (including phenoxy) is 2. The quantitative estimate of drug-likeness (QED) is 0.0300. The lowest BCUT2D eigenvalue weighted by Gasteiger charge is -2.40. The van der Waals surface area contributed by atoms with Crippen molar-refractivity contribution in [2.75, 3.05) is 30.5 Å². The molecule has 0 spiro atoms. The maximum Gasteiger partial charge on any atom is 0.475 e. The number of aliphatic hydroxyl groups excluding tert-OH is 1. The van der Waals surface area contributed by atoms with Gasteiger partial charge in [-0.2, -0.15) is 19.9 Å². The average molecular weight is 1130 g/mol. The lowest BCUT2D eigenvalue weighted by atomic mass is 10.0. The molecule has 0 saturated carbocycles. The molecule has 2 aliphatic rings. The molecule has 5 N–H and O–H groups in total. The van der Waals surface area contributed by atoms with Crippen LogP contribution in [0.2, 0.25) is 36.3 Å². The van der Waals surface area contributed by atoms with Crippen LogP contribution >= 0.6 is 16.1 Å². The van der Waals surface area contributed by atoms with Crippen molar-refractivity contribution in [2.45, 2.75) is 147 Å². The number of benzene rings is 1. The van der Waals surface area contributed by atoms with Crippen molar-refractivity contribution in [3.8, 4) is 6.07 Å². The number of H-pyrrole nitrogens is 1. The summed E-state index contributed by atoms with van der Waals surface area (Å²) < 4.78 is 82.3. The van der Waals surface area contributed by atoms with Crippen molar-refractivity contribution in [3.63, 3.8) is 0 Å². The Morgan fingerprint density at radius 3 is 2.22 bits per heavy atom. The summed E-state index contributed by atoms with van der Waals surface area (Å²) >= 11 is 0. The fourth-order valence-electron chi connectivity index (χ4n) is 7.80. The number of anilines is 2. The number of phosphoric acid groups is 1. The number of rotatable bonds is 21. The van der Waals surface area contributed by atoms with Gasteiger partial charge < -0.3 is 32.8 Å². The topological polar surface area (TPSA) is 337 Å². The van der Waals surface area contributed by atoms with Gasteiger partial charge in [-0.3, -0.25) is 52.7 Å². The second kappa shape index (κ2) is 23.2. The molecule has 2 unspecified atom stereocenters. The van der Waals surface area contributed by atoms with Crippen LogP contribution in [-0.4, -0.2) is 134 Å². The summed E-state index contributed by atoms with van der Waals surface area (Å²) in [4.78, 5) is 69.8. The third-order valence-corrected chi connectivity index (χ3v) is 24.9. The van der Waals surface area contributed by atoms with Gasteiger partial charge in [0.25, 0.3) is 11.5 Å². The largest absolute Gasteiger partial charge is 0.475 e. The normalized spacial score (nSPS) is 23.7. The van der Waals surface area contributed by atoms with Gasteiger partial charge in [0.1, 0.15) is 49.1 Å². The van der Waals surface area contributed by atoms with Crippen molar-refractivity contribution in [1.82, 2.24) is 39.1 Å². The zero-order valence-corrected chi connectivity index (χ0v) is 48.3. The number of aliphatic hydroxyl groups is 1. The van der Waals surface area contributed by atoms with E-state index < -0.39 is 135 Å². The first-order chi connectivity index (χ1) is 35.6. The predicted molar refractivity (Wildman–Crippen MR) is 280 cm³/mol. The van der Waals surface area contributed by atoms with Crippen LogP contribution in [0, 0.1) is 17.2 Å². The lowest BCUT2D eigenvalue weighted by molar-refractivity contribution is -0.118. The van der Waals surface area contributed by atoms with Crippen LogP contribution in [0.1, 0.15) is 90.1 Å². The van der Waals surface area contributed by atoms with E-state index in [1.807, 2.05) is 73.8 Å². The molecule has 0 radical (unpaired) electrons. The minimum atomic E-state index is -5.03. The third kappa shape index (κ3) is 12.8. The molecule has 414 valence electrons. The van der Waals surface area contributed by atoms with Crippen LogP contribution in [-0.2, 0) is 50.3 Å². The Balaban J connectivity index is 1.29. The molecule has 30 heteroatoms. The monoisotopic (exact) mass is 1130 g/mol. The lowest BCUT2D eigenvalue weighted by Crippen LogP contribution is -2.50. The number of imidazole rings is 1. The standard InChI is InChI=1S/C46H67N11O15P2Si2/c1-26(2)39(59)53-43-52-38-31(41(61)54-43)50-25-56(38)42-36(34(29(22-58)68-42)71-75(9,10)45(3,4)5)70-74(64,65-20-16-19-47)66-23-30-33(69-73(62)63)35(72-76(11,12)46(6,7)8)32(67-30)28-21-51-57-37(28)48-24-49-44(57)55-40(60)27-17-14-13-15-18-27/h13-15,17-18,21,24-26,29-30,32-36,42,58,73H,16,20,22-23H2,1-12H3,(H,62,63)(H,48,49,55,60)(H2,52,53,54,59,61)/t29-,30-,32+,33-,34-,35+,36-,42-,74?/m1/s1. The van der Waals surface area contributed by atoms with Crippen molar-refractivity contribution in [3.05, 3.63) is 70.7 Å². The molecule has 2 aliphatic heterocycles. The fourth-order valence-corrected chi connectivity index (χ4v) is 12.3. The highest BCUT2D eigenvalue weighted by Crippen LogP contribution is 2.56. The predicted octanol–water partition coefficient (Wildman–Crippen LogP) is 6.42. The van der Waals surface area contributed by atoms with Crippen LogP contribution in [0.25, 0.3) is 16.8 Å². The zero-order chi connectivity index (χ0) is 55.7. The van der Waals surface area contributed by atoms with Crippen molar-refractivity contribution < 1.29 is 65.1 Å². The van der Waals surface area contributed by atoms with E-state index in [1.54, 1.807) is 44.2 Å². The first kappa shape index (κ1) is 58.7. The van der Waals surface area contributed by atoms with Gasteiger partial charge in [-0.25, -0.2) is 19.5 Å². The van der Waals surface area contributed by atoms with E-state index in [2.05, 4.69) is 40.7 Å². The molecular weight excluding hydrogens is 1060 g/mol. The Morgan fingerprint density at radius 1 is 0.934 bits per heavy atom. The van der Waals surface area contributed by atoms with Crippen LogP contribution < -0.4 is 16.2 Å². The van der Waals surface area contributed by atoms with Gasteiger partial charge in [0.15, 0.2) is 39.7 Å².